The van der Waals surface area contributed by atoms with Crippen LogP contribution in [-0.4, -0.2) is 31.1 Å². The molecule has 0 aromatic heterocycles. The molecule has 1 N–H and O–H groups in total. The van der Waals surface area contributed by atoms with Crippen LogP contribution in [0.25, 0.3) is 0 Å². The van der Waals surface area contributed by atoms with Crippen molar-refractivity contribution in [1.82, 2.24) is 10.2 Å². The van der Waals surface area contributed by atoms with E-state index in [1.165, 1.54) is 6.07 Å². The van der Waals surface area contributed by atoms with Crippen LogP contribution in [0, 0.1) is 5.82 Å². The average molecular weight is 236 g/mol. The van der Waals surface area contributed by atoms with Gasteiger partial charge in [0, 0.05) is 17.6 Å². The van der Waals surface area contributed by atoms with Gasteiger partial charge in [0.15, 0.2) is 0 Å². The van der Waals surface area contributed by atoms with Crippen LogP contribution >= 0.6 is 0 Å². The molecule has 94 valence electrons. The molecule has 2 rings (SSSR count). The van der Waals surface area contributed by atoms with Gasteiger partial charge >= 0.3 is 0 Å². The van der Waals surface area contributed by atoms with Crippen LogP contribution in [0.2, 0.25) is 0 Å². The first-order chi connectivity index (χ1) is 8.16. The number of hydrogen-bond donors (Lipinski definition) is 1. The summed E-state index contributed by atoms with van der Waals surface area (Å²) in [6.07, 6.45) is 2.30. The van der Waals surface area contributed by atoms with E-state index in [2.05, 4.69) is 17.3 Å². The molecule has 1 aromatic carbocycles. The molecule has 0 radical (unpaired) electrons. The molecule has 1 fully saturated rings. The molecule has 17 heavy (non-hydrogen) atoms. The van der Waals surface area contributed by atoms with Crippen molar-refractivity contribution in [3.05, 3.63) is 35.6 Å². The summed E-state index contributed by atoms with van der Waals surface area (Å²) < 4.78 is 13.6. The SMILES string of the molecule is CC(NC1CCN(C)CC1)c1ccccc1F. The van der Waals surface area contributed by atoms with Gasteiger partial charge in [0.2, 0.25) is 0 Å². The van der Waals surface area contributed by atoms with Gasteiger partial charge in [-0.1, -0.05) is 18.2 Å². The van der Waals surface area contributed by atoms with Crippen molar-refractivity contribution in [2.24, 2.45) is 0 Å². The first-order valence-corrected chi connectivity index (χ1v) is 6.36. The number of hydrogen-bond acceptors (Lipinski definition) is 2. The Morgan fingerprint density at radius 1 is 1.29 bits per heavy atom. The van der Waals surface area contributed by atoms with Crippen molar-refractivity contribution in [2.75, 3.05) is 20.1 Å². The Hall–Kier alpha value is -0.930. The van der Waals surface area contributed by atoms with Crippen molar-refractivity contribution in [3.63, 3.8) is 0 Å². The zero-order chi connectivity index (χ0) is 12.3. The largest absolute Gasteiger partial charge is 0.307 e. The molecule has 3 heteroatoms. The maximum atomic E-state index is 13.6. The predicted molar refractivity (Wildman–Crippen MR) is 68.5 cm³/mol. The topological polar surface area (TPSA) is 15.3 Å². The Balaban J connectivity index is 1.93. The highest BCUT2D eigenvalue weighted by molar-refractivity contribution is 5.20. The van der Waals surface area contributed by atoms with E-state index < -0.39 is 0 Å². The summed E-state index contributed by atoms with van der Waals surface area (Å²) in [5, 5.41) is 3.53. The maximum Gasteiger partial charge on any atom is 0.127 e. The molecule has 0 spiro atoms. The number of benzene rings is 1. The van der Waals surface area contributed by atoms with Crippen LogP contribution < -0.4 is 5.32 Å². The fourth-order valence-electron chi connectivity index (χ4n) is 2.44. The van der Waals surface area contributed by atoms with E-state index in [4.69, 9.17) is 0 Å². The molecule has 2 nitrogen and oxygen atoms in total. The van der Waals surface area contributed by atoms with Gasteiger partial charge in [-0.15, -0.1) is 0 Å². The van der Waals surface area contributed by atoms with Crippen molar-refractivity contribution in [3.8, 4) is 0 Å². The number of halogens is 1. The van der Waals surface area contributed by atoms with Crippen LogP contribution in [0.5, 0.6) is 0 Å². The van der Waals surface area contributed by atoms with Gasteiger partial charge in [-0.25, -0.2) is 4.39 Å². The van der Waals surface area contributed by atoms with E-state index in [-0.39, 0.29) is 11.9 Å². The number of rotatable bonds is 3. The zero-order valence-corrected chi connectivity index (χ0v) is 10.6. The van der Waals surface area contributed by atoms with Gasteiger partial charge in [-0.2, -0.15) is 0 Å². The molecular formula is C14H21FN2. The summed E-state index contributed by atoms with van der Waals surface area (Å²) in [7, 11) is 2.15. The Morgan fingerprint density at radius 3 is 2.59 bits per heavy atom. The quantitative estimate of drug-likeness (QED) is 0.867. The summed E-state index contributed by atoms with van der Waals surface area (Å²) in [6.45, 7) is 4.29. The molecule has 1 unspecified atom stereocenters. The number of nitrogens with zero attached hydrogens (tertiary/aromatic N) is 1. The zero-order valence-electron chi connectivity index (χ0n) is 10.6. The van der Waals surface area contributed by atoms with E-state index >= 15 is 0 Å². The van der Waals surface area contributed by atoms with E-state index in [9.17, 15) is 4.39 Å². The molecule has 0 saturated carbocycles. The second kappa shape index (κ2) is 5.61. The van der Waals surface area contributed by atoms with Crippen LogP contribution in [0.4, 0.5) is 4.39 Å². The van der Waals surface area contributed by atoms with Gasteiger partial charge in [0.05, 0.1) is 0 Å². The van der Waals surface area contributed by atoms with Crippen LogP contribution in [0.1, 0.15) is 31.4 Å². The molecule has 0 aliphatic carbocycles. The molecule has 1 aliphatic heterocycles. The molecule has 1 heterocycles. The molecular weight excluding hydrogens is 215 g/mol. The Morgan fingerprint density at radius 2 is 1.94 bits per heavy atom. The minimum Gasteiger partial charge on any atom is -0.307 e. The number of piperidine rings is 1. The summed E-state index contributed by atoms with van der Waals surface area (Å²) >= 11 is 0. The summed E-state index contributed by atoms with van der Waals surface area (Å²) in [6, 6.07) is 7.63. The fraction of sp³-hybridized carbons (Fsp3) is 0.571. The smallest absolute Gasteiger partial charge is 0.127 e. The summed E-state index contributed by atoms with van der Waals surface area (Å²) in [5.41, 5.74) is 0.770. The monoisotopic (exact) mass is 236 g/mol. The van der Waals surface area contributed by atoms with E-state index in [1.807, 2.05) is 19.1 Å². The van der Waals surface area contributed by atoms with E-state index in [0.717, 1.165) is 31.5 Å². The number of likely N-dealkylation sites (tertiary alicyclic amines) is 1. The van der Waals surface area contributed by atoms with Gasteiger partial charge in [0.1, 0.15) is 5.82 Å². The summed E-state index contributed by atoms with van der Waals surface area (Å²) in [5.74, 6) is -0.111. The lowest BCUT2D eigenvalue weighted by Gasteiger charge is -2.31. The second-order valence-electron chi connectivity index (χ2n) is 4.99. The first kappa shape index (κ1) is 12.5. The highest BCUT2D eigenvalue weighted by Gasteiger charge is 2.19. The minimum atomic E-state index is -0.111. The fourth-order valence-corrected chi connectivity index (χ4v) is 2.44. The van der Waals surface area contributed by atoms with Crippen LogP contribution in [-0.2, 0) is 0 Å². The Labute approximate surface area is 103 Å². The molecule has 0 bridgehead atoms. The highest BCUT2D eigenvalue weighted by atomic mass is 19.1. The normalized spacial score (nSPS) is 20.4. The standard InChI is InChI=1S/C14H21FN2/c1-11(13-5-3-4-6-14(13)15)16-12-7-9-17(2)10-8-12/h3-6,11-12,16H,7-10H2,1-2H3. The van der Waals surface area contributed by atoms with Gasteiger partial charge in [-0.05, 0) is 46.0 Å². The van der Waals surface area contributed by atoms with E-state index in [1.54, 1.807) is 6.07 Å². The predicted octanol–water partition coefficient (Wildman–Crippen LogP) is 2.57. The average Bonchev–Trinajstić information content (AvgIpc) is 2.32. The molecule has 1 saturated heterocycles. The summed E-state index contributed by atoms with van der Waals surface area (Å²) in [4.78, 5) is 2.34. The Bertz CT molecular complexity index is 359. The molecule has 1 aliphatic rings. The van der Waals surface area contributed by atoms with Gasteiger partial charge in [0.25, 0.3) is 0 Å². The van der Waals surface area contributed by atoms with Crippen molar-refractivity contribution < 1.29 is 4.39 Å². The van der Waals surface area contributed by atoms with Crippen LogP contribution in [0.15, 0.2) is 24.3 Å². The molecule has 1 aromatic rings. The first-order valence-electron chi connectivity index (χ1n) is 6.36. The lowest BCUT2D eigenvalue weighted by Crippen LogP contribution is -2.41. The highest BCUT2D eigenvalue weighted by Crippen LogP contribution is 2.19. The van der Waals surface area contributed by atoms with Gasteiger partial charge < -0.3 is 10.2 Å². The molecule has 1 atom stereocenters. The lowest BCUT2D eigenvalue weighted by atomic mass is 10.0. The van der Waals surface area contributed by atoms with Gasteiger partial charge in [-0.3, -0.25) is 0 Å². The minimum absolute atomic E-state index is 0.0876. The third-order valence-electron chi connectivity index (χ3n) is 3.58. The molecule has 0 amide bonds. The lowest BCUT2D eigenvalue weighted by molar-refractivity contribution is 0.226. The third-order valence-corrected chi connectivity index (χ3v) is 3.58. The van der Waals surface area contributed by atoms with Crippen molar-refractivity contribution in [1.29, 1.82) is 0 Å². The second-order valence-corrected chi connectivity index (χ2v) is 4.99. The van der Waals surface area contributed by atoms with Crippen molar-refractivity contribution >= 4 is 0 Å². The Kier molecular flexibility index (Phi) is 4.13. The van der Waals surface area contributed by atoms with Crippen molar-refractivity contribution in [2.45, 2.75) is 31.8 Å². The number of nitrogens with one attached hydrogen (secondary N) is 1. The van der Waals surface area contributed by atoms with Crippen LogP contribution in [0.3, 0.4) is 0 Å². The van der Waals surface area contributed by atoms with E-state index in [0.29, 0.717) is 6.04 Å². The maximum absolute atomic E-state index is 13.6. The third kappa shape index (κ3) is 3.27.